The summed E-state index contributed by atoms with van der Waals surface area (Å²) < 4.78 is 5.22. The normalized spacial score (nSPS) is 22.0. The lowest BCUT2D eigenvalue weighted by Gasteiger charge is -2.30. The second kappa shape index (κ2) is 6.31. The number of piperidine rings is 1. The Hall–Kier alpha value is -1.80. The topological polar surface area (TPSA) is 21.3 Å². The lowest BCUT2D eigenvalue weighted by atomic mass is 9.86. The van der Waals surface area contributed by atoms with Crippen LogP contribution in [0.3, 0.4) is 0 Å². The Morgan fingerprint density at radius 3 is 2.14 bits per heavy atom. The van der Waals surface area contributed by atoms with Crippen molar-refractivity contribution in [2.75, 3.05) is 13.7 Å². The highest BCUT2D eigenvalue weighted by Gasteiger charge is 2.22. The van der Waals surface area contributed by atoms with Gasteiger partial charge in [-0.2, -0.15) is 0 Å². The maximum atomic E-state index is 5.22. The zero-order chi connectivity index (χ0) is 14.7. The third-order valence-electron chi connectivity index (χ3n) is 4.48. The molecule has 110 valence electrons. The minimum absolute atomic E-state index is 0.470. The number of ether oxygens (including phenoxy) is 1. The zero-order valence-electron chi connectivity index (χ0n) is 12.8. The molecule has 2 aromatic carbocycles. The SMILES string of the molecule is COc1ccc(C2CCC(c3ccc(C)cc3)CN2)cc1. The summed E-state index contributed by atoms with van der Waals surface area (Å²) in [6.07, 6.45) is 2.43. The van der Waals surface area contributed by atoms with E-state index in [0.29, 0.717) is 12.0 Å². The molecule has 0 aromatic heterocycles. The predicted octanol–water partition coefficient (Wildman–Crippen LogP) is 4.21. The Kier molecular flexibility index (Phi) is 4.26. The smallest absolute Gasteiger partial charge is 0.118 e. The van der Waals surface area contributed by atoms with Gasteiger partial charge in [0.05, 0.1) is 7.11 Å². The number of rotatable bonds is 3. The fraction of sp³-hybridized carbons (Fsp3) is 0.368. The standard InChI is InChI=1S/C19H23NO/c1-14-3-5-15(6-4-14)17-9-12-19(20-13-17)16-7-10-18(21-2)11-8-16/h3-8,10-11,17,19-20H,9,12-13H2,1-2H3. The molecule has 1 heterocycles. The average Bonchev–Trinajstić information content (AvgIpc) is 2.56. The number of benzene rings is 2. The first-order valence-corrected chi connectivity index (χ1v) is 7.70. The highest BCUT2D eigenvalue weighted by atomic mass is 16.5. The van der Waals surface area contributed by atoms with Gasteiger partial charge < -0.3 is 10.1 Å². The van der Waals surface area contributed by atoms with E-state index in [0.717, 1.165) is 12.3 Å². The van der Waals surface area contributed by atoms with Crippen LogP contribution >= 0.6 is 0 Å². The van der Waals surface area contributed by atoms with Gasteiger partial charge in [-0.15, -0.1) is 0 Å². The first-order chi connectivity index (χ1) is 10.3. The number of nitrogens with one attached hydrogen (secondary N) is 1. The summed E-state index contributed by atoms with van der Waals surface area (Å²) in [7, 11) is 1.71. The van der Waals surface area contributed by atoms with Gasteiger partial charge in [-0.3, -0.25) is 0 Å². The fourth-order valence-corrected chi connectivity index (χ4v) is 3.10. The molecule has 21 heavy (non-hydrogen) atoms. The Balaban J connectivity index is 1.62. The van der Waals surface area contributed by atoms with E-state index in [1.54, 1.807) is 7.11 Å². The average molecular weight is 281 g/mol. The Labute approximate surface area is 127 Å². The van der Waals surface area contributed by atoms with Crippen molar-refractivity contribution in [3.63, 3.8) is 0 Å². The van der Waals surface area contributed by atoms with Crippen LogP contribution in [0.15, 0.2) is 48.5 Å². The van der Waals surface area contributed by atoms with Gasteiger partial charge in [0, 0.05) is 12.6 Å². The summed E-state index contributed by atoms with van der Waals surface area (Å²) >= 11 is 0. The quantitative estimate of drug-likeness (QED) is 0.910. The molecule has 1 aliphatic heterocycles. The van der Waals surface area contributed by atoms with Crippen LogP contribution in [0, 0.1) is 6.92 Å². The molecule has 3 rings (SSSR count). The second-order valence-corrected chi connectivity index (χ2v) is 5.92. The summed E-state index contributed by atoms with van der Waals surface area (Å²) in [4.78, 5) is 0. The van der Waals surface area contributed by atoms with E-state index < -0.39 is 0 Å². The molecule has 0 aliphatic carbocycles. The molecule has 0 amide bonds. The van der Waals surface area contributed by atoms with E-state index in [4.69, 9.17) is 4.74 Å². The first-order valence-electron chi connectivity index (χ1n) is 7.70. The number of methoxy groups -OCH3 is 1. The van der Waals surface area contributed by atoms with Crippen molar-refractivity contribution in [1.29, 1.82) is 0 Å². The van der Waals surface area contributed by atoms with Crippen LogP contribution in [0.4, 0.5) is 0 Å². The first kappa shape index (κ1) is 14.2. The van der Waals surface area contributed by atoms with Crippen molar-refractivity contribution in [2.45, 2.75) is 31.7 Å². The molecule has 1 fully saturated rings. The van der Waals surface area contributed by atoms with Crippen LogP contribution in [0.5, 0.6) is 5.75 Å². The van der Waals surface area contributed by atoms with Gasteiger partial charge in [-0.05, 0) is 48.9 Å². The van der Waals surface area contributed by atoms with Crippen LogP contribution in [-0.4, -0.2) is 13.7 Å². The molecule has 0 bridgehead atoms. The lowest BCUT2D eigenvalue weighted by molar-refractivity contribution is 0.373. The molecule has 1 N–H and O–H groups in total. The highest BCUT2D eigenvalue weighted by Crippen LogP contribution is 2.32. The Bertz CT molecular complexity index is 566. The molecule has 1 saturated heterocycles. The van der Waals surface area contributed by atoms with E-state index in [2.05, 4.69) is 48.6 Å². The van der Waals surface area contributed by atoms with Crippen molar-refractivity contribution in [3.05, 3.63) is 65.2 Å². The van der Waals surface area contributed by atoms with Gasteiger partial charge in [-0.1, -0.05) is 42.0 Å². The molecule has 2 atom stereocenters. The predicted molar refractivity (Wildman–Crippen MR) is 86.9 cm³/mol. The molecule has 0 spiro atoms. The summed E-state index contributed by atoms with van der Waals surface area (Å²) in [5.41, 5.74) is 4.15. The molecule has 0 saturated carbocycles. The maximum absolute atomic E-state index is 5.22. The molecular formula is C19H23NO. The van der Waals surface area contributed by atoms with Crippen molar-refractivity contribution >= 4 is 0 Å². The van der Waals surface area contributed by atoms with E-state index >= 15 is 0 Å². The summed E-state index contributed by atoms with van der Waals surface area (Å²) in [6.45, 7) is 3.20. The van der Waals surface area contributed by atoms with Gasteiger partial charge in [0.15, 0.2) is 0 Å². The molecule has 2 nitrogen and oxygen atoms in total. The van der Waals surface area contributed by atoms with Crippen LogP contribution < -0.4 is 10.1 Å². The van der Waals surface area contributed by atoms with Crippen molar-refractivity contribution in [3.8, 4) is 5.75 Å². The third kappa shape index (κ3) is 3.27. The van der Waals surface area contributed by atoms with E-state index in [1.807, 2.05) is 12.1 Å². The summed E-state index contributed by atoms with van der Waals surface area (Å²) in [6, 6.07) is 17.9. The molecule has 1 aliphatic rings. The van der Waals surface area contributed by atoms with Crippen LogP contribution in [0.1, 0.15) is 41.5 Å². The van der Waals surface area contributed by atoms with Gasteiger partial charge in [0.25, 0.3) is 0 Å². The van der Waals surface area contributed by atoms with Crippen LogP contribution in [0.2, 0.25) is 0 Å². The summed E-state index contributed by atoms with van der Waals surface area (Å²) in [5.74, 6) is 1.56. The third-order valence-corrected chi connectivity index (χ3v) is 4.48. The van der Waals surface area contributed by atoms with E-state index in [9.17, 15) is 0 Å². The molecule has 2 unspecified atom stereocenters. The number of hydrogen-bond donors (Lipinski definition) is 1. The fourth-order valence-electron chi connectivity index (χ4n) is 3.10. The lowest BCUT2D eigenvalue weighted by Crippen LogP contribution is -2.32. The van der Waals surface area contributed by atoms with Crippen molar-refractivity contribution in [2.24, 2.45) is 0 Å². The largest absolute Gasteiger partial charge is 0.497 e. The molecule has 0 radical (unpaired) electrons. The molecular weight excluding hydrogens is 258 g/mol. The Morgan fingerprint density at radius 2 is 1.57 bits per heavy atom. The van der Waals surface area contributed by atoms with Crippen molar-refractivity contribution in [1.82, 2.24) is 5.32 Å². The van der Waals surface area contributed by atoms with Gasteiger partial charge >= 0.3 is 0 Å². The zero-order valence-corrected chi connectivity index (χ0v) is 12.8. The molecule has 2 aromatic rings. The van der Waals surface area contributed by atoms with E-state index in [-0.39, 0.29) is 0 Å². The maximum Gasteiger partial charge on any atom is 0.118 e. The van der Waals surface area contributed by atoms with E-state index in [1.165, 1.54) is 29.5 Å². The molecule has 2 heteroatoms. The monoisotopic (exact) mass is 281 g/mol. The second-order valence-electron chi connectivity index (χ2n) is 5.92. The number of aryl methyl sites for hydroxylation is 1. The minimum Gasteiger partial charge on any atom is -0.497 e. The number of hydrogen-bond acceptors (Lipinski definition) is 2. The van der Waals surface area contributed by atoms with Gasteiger partial charge in [-0.25, -0.2) is 0 Å². The minimum atomic E-state index is 0.470. The Morgan fingerprint density at radius 1 is 0.905 bits per heavy atom. The van der Waals surface area contributed by atoms with Gasteiger partial charge in [0.2, 0.25) is 0 Å². The van der Waals surface area contributed by atoms with Crippen LogP contribution in [-0.2, 0) is 0 Å². The van der Waals surface area contributed by atoms with Gasteiger partial charge in [0.1, 0.15) is 5.75 Å². The summed E-state index contributed by atoms with van der Waals surface area (Å²) in [5, 5.41) is 3.70. The van der Waals surface area contributed by atoms with Crippen molar-refractivity contribution < 1.29 is 4.74 Å². The highest BCUT2D eigenvalue weighted by molar-refractivity contribution is 5.30. The van der Waals surface area contributed by atoms with Crippen LogP contribution in [0.25, 0.3) is 0 Å².